The number of aromatic nitrogens is 2. The Hall–Kier alpha value is -1.40. The quantitative estimate of drug-likeness (QED) is 0.889. The van der Waals surface area contributed by atoms with Crippen molar-refractivity contribution < 1.29 is 9.90 Å². The molecular weight excluding hydrogens is 280 g/mol. The fourth-order valence-electron chi connectivity index (χ4n) is 4.17. The summed E-state index contributed by atoms with van der Waals surface area (Å²) in [4.78, 5) is 20.2. The first-order valence-electron chi connectivity index (χ1n) is 8.03. The number of fused-ring (bicyclic) bond motifs is 1. The molecule has 1 aromatic rings. The Labute approximate surface area is 131 Å². The lowest BCUT2D eigenvalue weighted by molar-refractivity contribution is -0.131. The molecule has 3 rings (SSSR count). The van der Waals surface area contributed by atoms with Gasteiger partial charge < -0.3 is 14.6 Å². The molecule has 1 aromatic heterocycles. The largest absolute Gasteiger partial charge is 0.394 e. The van der Waals surface area contributed by atoms with Crippen molar-refractivity contribution in [1.82, 2.24) is 19.4 Å². The van der Waals surface area contributed by atoms with Gasteiger partial charge in [-0.05, 0) is 25.7 Å². The van der Waals surface area contributed by atoms with Crippen LogP contribution in [0.2, 0.25) is 0 Å². The summed E-state index contributed by atoms with van der Waals surface area (Å²) >= 11 is 0. The van der Waals surface area contributed by atoms with Gasteiger partial charge in [-0.1, -0.05) is 0 Å². The van der Waals surface area contributed by atoms with E-state index in [9.17, 15) is 9.90 Å². The molecule has 0 radical (unpaired) electrons. The number of hydrogen-bond donors (Lipinski definition) is 1. The zero-order valence-corrected chi connectivity index (χ0v) is 13.7. The van der Waals surface area contributed by atoms with Crippen LogP contribution in [-0.2, 0) is 18.4 Å². The standard InChI is InChI=1S/C16H26N4O2/c1-12(22)19-5-4-15-13(8-19)6-16(2,10-21)20(15)9-14-7-17-11-18(14)3/h7,11,13,15,21H,4-6,8-10H2,1-3H3/t13-,15-,16+/m0/s1. The summed E-state index contributed by atoms with van der Waals surface area (Å²) in [6, 6.07) is 0.433. The Morgan fingerprint density at radius 2 is 2.32 bits per heavy atom. The molecule has 0 aromatic carbocycles. The van der Waals surface area contributed by atoms with Gasteiger partial charge in [0.2, 0.25) is 5.91 Å². The van der Waals surface area contributed by atoms with Crippen molar-refractivity contribution in [2.24, 2.45) is 13.0 Å². The fraction of sp³-hybridized carbons (Fsp3) is 0.750. The highest BCUT2D eigenvalue weighted by molar-refractivity contribution is 5.73. The molecule has 0 aliphatic carbocycles. The summed E-state index contributed by atoms with van der Waals surface area (Å²) in [7, 11) is 2.00. The minimum atomic E-state index is -0.216. The lowest BCUT2D eigenvalue weighted by Crippen LogP contribution is -2.51. The maximum absolute atomic E-state index is 11.7. The van der Waals surface area contributed by atoms with Gasteiger partial charge in [0.1, 0.15) is 0 Å². The van der Waals surface area contributed by atoms with Crippen LogP contribution < -0.4 is 0 Å². The first-order valence-corrected chi connectivity index (χ1v) is 8.03. The summed E-state index contributed by atoms with van der Waals surface area (Å²) in [6.45, 7) is 6.37. The number of likely N-dealkylation sites (tertiary alicyclic amines) is 2. The van der Waals surface area contributed by atoms with Crippen molar-refractivity contribution in [1.29, 1.82) is 0 Å². The maximum atomic E-state index is 11.7. The minimum Gasteiger partial charge on any atom is -0.394 e. The molecule has 6 heteroatoms. The SMILES string of the molecule is CC(=O)N1CC[C@H]2[C@H](C1)C[C@](C)(CO)N2Cc1cncn1C. The third-order valence-corrected chi connectivity index (χ3v) is 5.52. The van der Waals surface area contributed by atoms with Gasteiger partial charge in [0.05, 0.1) is 18.6 Å². The van der Waals surface area contributed by atoms with Crippen LogP contribution in [0.15, 0.2) is 12.5 Å². The zero-order chi connectivity index (χ0) is 15.9. The molecule has 0 saturated carbocycles. The van der Waals surface area contributed by atoms with E-state index >= 15 is 0 Å². The molecule has 3 atom stereocenters. The molecule has 2 aliphatic rings. The molecular formula is C16H26N4O2. The third-order valence-electron chi connectivity index (χ3n) is 5.52. The highest BCUT2D eigenvalue weighted by atomic mass is 16.3. The summed E-state index contributed by atoms with van der Waals surface area (Å²) < 4.78 is 2.04. The Bertz CT molecular complexity index is 558. The average Bonchev–Trinajstić information content (AvgIpc) is 3.01. The normalized spacial score (nSPS) is 32.3. The molecule has 22 heavy (non-hydrogen) atoms. The Balaban J connectivity index is 1.82. The van der Waals surface area contributed by atoms with Crippen LogP contribution in [0.1, 0.15) is 32.4 Å². The van der Waals surface area contributed by atoms with Gasteiger partial charge in [-0.3, -0.25) is 9.69 Å². The second-order valence-corrected chi connectivity index (χ2v) is 7.06. The van der Waals surface area contributed by atoms with E-state index in [0.717, 1.165) is 38.2 Å². The number of piperidine rings is 1. The fourth-order valence-corrected chi connectivity index (χ4v) is 4.17. The van der Waals surface area contributed by atoms with E-state index in [-0.39, 0.29) is 18.1 Å². The van der Waals surface area contributed by atoms with Crippen molar-refractivity contribution in [3.8, 4) is 0 Å². The van der Waals surface area contributed by atoms with E-state index in [4.69, 9.17) is 0 Å². The van der Waals surface area contributed by atoms with E-state index in [2.05, 4.69) is 16.8 Å². The van der Waals surface area contributed by atoms with Gasteiger partial charge in [0.25, 0.3) is 0 Å². The molecule has 0 unspecified atom stereocenters. The molecule has 6 nitrogen and oxygen atoms in total. The number of amides is 1. The van der Waals surface area contributed by atoms with E-state index in [1.165, 1.54) is 0 Å². The van der Waals surface area contributed by atoms with Crippen LogP contribution in [0.5, 0.6) is 0 Å². The summed E-state index contributed by atoms with van der Waals surface area (Å²) in [5.41, 5.74) is 0.946. The van der Waals surface area contributed by atoms with Crippen molar-refractivity contribution in [2.75, 3.05) is 19.7 Å². The third kappa shape index (κ3) is 2.54. The smallest absolute Gasteiger partial charge is 0.219 e. The van der Waals surface area contributed by atoms with Crippen molar-refractivity contribution in [3.05, 3.63) is 18.2 Å². The molecule has 2 saturated heterocycles. The number of aliphatic hydroxyl groups excluding tert-OH is 1. The summed E-state index contributed by atoms with van der Waals surface area (Å²) in [5, 5.41) is 9.97. The van der Waals surface area contributed by atoms with Gasteiger partial charge in [0, 0.05) is 51.4 Å². The molecule has 1 amide bonds. The van der Waals surface area contributed by atoms with Crippen molar-refractivity contribution >= 4 is 5.91 Å². The topological polar surface area (TPSA) is 61.6 Å². The van der Waals surface area contributed by atoms with Gasteiger partial charge in [-0.25, -0.2) is 4.98 Å². The average molecular weight is 306 g/mol. The number of carbonyl (C=O) groups is 1. The number of rotatable bonds is 3. The lowest BCUT2D eigenvalue weighted by Gasteiger charge is -2.40. The molecule has 1 N–H and O–H groups in total. The van der Waals surface area contributed by atoms with Crippen molar-refractivity contribution in [3.63, 3.8) is 0 Å². The van der Waals surface area contributed by atoms with E-state index < -0.39 is 0 Å². The monoisotopic (exact) mass is 306 g/mol. The first kappa shape index (κ1) is 15.5. The van der Waals surface area contributed by atoms with Crippen LogP contribution in [0.25, 0.3) is 0 Å². The summed E-state index contributed by atoms with van der Waals surface area (Å²) in [6.07, 6.45) is 5.64. The second kappa shape index (κ2) is 5.66. The number of carbonyl (C=O) groups excluding carboxylic acids is 1. The number of aliphatic hydroxyl groups is 1. The first-order chi connectivity index (χ1) is 10.4. The van der Waals surface area contributed by atoms with E-state index in [1.807, 2.05) is 29.0 Å². The zero-order valence-electron chi connectivity index (χ0n) is 13.7. The van der Waals surface area contributed by atoms with E-state index in [0.29, 0.717) is 12.0 Å². The van der Waals surface area contributed by atoms with Crippen LogP contribution in [0.4, 0.5) is 0 Å². The van der Waals surface area contributed by atoms with Crippen molar-refractivity contribution in [2.45, 2.75) is 44.8 Å². The second-order valence-electron chi connectivity index (χ2n) is 7.06. The summed E-state index contributed by atoms with van der Waals surface area (Å²) in [5.74, 6) is 0.609. The molecule has 0 spiro atoms. The number of imidazole rings is 1. The highest BCUT2D eigenvalue weighted by Gasteiger charge is 2.50. The molecule has 0 bridgehead atoms. The van der Waals surface area contributed by atoms with Gasteiger partial charge >= 0.3 is 0 Å². The predicted molar refractivity (Wildman–Crippen MR) is 83.0 cm³/mol. The van der Waals surface area contributed by atoms with Crippen LogP contribution in [-0.4, -0.2) is 61.6 Å². The Kier molecular flexibility index (Phi) is 3.99. The van der Waals surface area contributed by atoms with E-state index in [1.54, 1.807) is 6.92 Å². The van der Waals surface area contributed by atoms with Crippen LogP contribution in [0.3, 0.4) is 0 Å². The van der Waals surface area contributed by atoms with Gasteiger partial charge in [0.15, 0.2) is 0 Å². The van der Waals surface area contributed by atoms with Gasteiger partial charge in [-0.15, -0.1) is 0 Å². The Morgan fingerprint density at radius 3 is 2.91 bits per heavy atom. The predicted octanol–water partition coefficient (Wildman–Crippen LogP) is 0.614. The van der Waals surface area contributed by atoms with Crippen LogP contribution >= 0.6 is 0 Å². The lowest BCUT2D eigenvalue weighted by atomic mass is 9.89. The molecule has 3 heterocycles. The molecule has 2 aliphatic heterocycles. The number of nitrogens with zero attached hydrogens (tertiary/aromatic N) is 4. The van der Waals surface area contributed by atoms with Gasteiger partial charge in [-0.2, -0.15) is 0 Å². The maximum Gasteiger partial charge on any atom is 0.219 e. The molecule has 122 valence electrons. The minimum absolute atomic E-state index is 0.151. The van der Waals surface area contributed by atoms with Crippen LogP contribution in [0, 0.1) is 5.92 Å². The Morgan fingerprint density at radius 1 is 1.55 bits per heavy atom. The highest BCUT2D eigenvalue weighted by Crippen LogP contribution is 2.42. The molecule has 2 fully saturated rings. The number of aryl methyl sites for hydroxylation is 1. The number of hydrogen-bond acceptors (Lipinski definition) is 4.